The van der Waals surface area contributed by atoms with Gasteiger partial charge in [-0.15, -0.1) is 10.2 Å². The number of amides is 2. The quantitative estimate of drug-likeness (QED) is 0.666. The molecule has 2 amide bonds. The van der Waals surface area contributed by atoms with E-state index < -0.39 is 18.0 Å². The first-order valence-electron chi connectivity index (χ1n) is 6.12. The summed E-state index contributed by atoms with van der Waals surface area (Å²) >= 11 is 0. The van der Waals surface area contributed by atoms with Crippen LogP contribution < -0.4 is 10.6 Å². The molecule has 0 spiro atoms. The first-order chi connectivity index (χ1) is 9.99. The Morgan fingerprint density at radius 2 is 2.14 bits per heavy atom. The molecule has 0 radical (unpaired) electrons. The predicted molar refractivity (Wildman–Crippen MR) is 72.9 cm³/mol. The predicted octanol–water partition coefficient (Wildman–Crippen LogP) is 1.09. The minimum Gasteiger partial charge on any atom is -0.478 e. The first kappa shape index (κ1) is 14.4. The summed E-state index contributed by atoms with van der Waals surface area (Å²) in [6.07, 6.45) is 0. The van der Waals surface area contributed by atoms with Crippen LogP contribution in [-0.2, 0) is 0 Å². The molecule has 0 aliphatic rings. The van der Waals surface area contributed by atoms with Crippen molar-refractivity contribution in [3.05, 3.63) is 35.2 Å². The van der Waals surface area contributed by atoms with Gasteiger partial charge in [-0.1, -0.05) is 17.3 Å². The Kier molecular flexibility index (Phi) is 4.12. The zero-order chi connectivity index (χ0) is 15.4. The molecule has 2 rings (SSSR count). The normalized spacial score (nSPS) is 11.7. The maximum absolute atomic E-state index is 11.9. The average Bonchev–Trinajstić information content (AvgIpc) is 2.91. The number of aryl methyl sites for hydroxylation is 1. The van der Waals surface area contributed by atoms with E-state index in [4.69, 9.17) is 0 Å². The fourth-order valence-corrected chi connectivity index (χ4v) is 1.83. The third-order valence-electron chi connectivity index (χ3n) is 2.83. The molecule has 1 aromatic carbocycles. The Morgan fingerprint density at radius 3 is 2.76 bits per heavy atom. The fourth-order valence-electron chi connectivity index (χ4n) is 1.83. The number of carboxylic acids is 1. The van der Waals surface area contributed by atoms with Crippen LogP contribution in [0, 0.1) is 6.92 Å². The number of anilines is 1. The van der Waals surface area contributed by atoms with E-state index in [2.05, 4.69) is 31.3 Å². The summed E-state index contributed by atoms with van der Waals surface area (Å²) < 4.78 is 0. The minimum atomic E-state index is -1.10. The van der Waals surface area contributed by atoms with E-state index in [-0.39, 0.29) is 11.3 Å². The molecule has 0 saturated carbocycles. The minimum absolute atomic E-state index is 0.0554. The van der Waals surface area contributed by atoms with Gasteiger partial charge in [0.05, 0.1) is 17.3 Å². The summed E-state index contributed by atoms with van der Waals surface area (Å²) in [6.45, 7) is 3.34. The van der Waals surface area contributed by atoms with E-state index >= 15 is 0 Å². The van der Waals surface area contributed by atoms with Crippen molar-refractivity contribution < 1.29 is 14.7 Å². The van der Waals surface area contributed by atoms with E-state index in [1.165, 1.54) is 6.07 Å². The number of nitrogens with one attached hydrogen (secondary N) is 3. The van der Waals surface area contributed by atoms with Crippen LogP contribution in [0.5, 0.6) is 0 Å². The van der Waals surface area contributed by atoms with Gasteiger partial charge in [-0.05, 0) is 25.5 Å². The molecule has 1 atom stereocenters. The Morgan fingerprint density at radius 1 is 1.38 bits per heavy atom. The Hall–Kier alpha value is -2.97. The number of aromatic nitrogens is 4. The molecule has 1 aromatic heterocycles. The van der Waals surface area contributed by atoms with E-state index in [9.17, 15) is 14.7 Å². The molecular formula is C12H14N6O3. The van der Waals surface area contributed by atoms with Gasteiger partial charge in [-0.25, -0.2) is 9.59 Å². The van der Waals surface area contributed by atoms with Crippen molar-refractivity contribution in [3.63, 3.8) is 0 Å². The van der Waals surface area contributed by atoms with Gasteiger partial charge in [0.15, 0.2) is 5.82 Å². The molecule has 21 heavy (non-hydrogen) atoms. The summed E-state index contributed by atoms with van der Waals surface area (Å²) in [5.41, 5.74) is 0.840. The van der Waals surface area contributed by atoms with Crippen LogP contribution >= 0.6 is 0 Å². The van der Waals surface area contributed by atoms with Gasteiger partial charge in [-0.2, -0.15) is 5.21 Å². The summed E-state index contributed by atoms with van der Waals surface area (Å²) in [6, 6.07) is 3.83. The summed E-state index contributed by atoms with van der Waals surface area (Å²) in [5.74, 6) is -0.775. The van der Waals surface area contributed by atoms with Crippen molar-refractivity contribution >= 4 is 17.7 Å². The number of hydrogen-bond donors (Lipinski definition) is 4. The SMILES string of the molecule is Cc1cccc(NC(=O)NC(C)c2nn[nH]n2)c1C(=O)O. The summed E-state index contributed by atoms with van der Waals surface area (Å²) in [7, 11) is 0. The molecule has 0 fully saturated rings. The number of aromatic carboxylic acids is 1. The van der Waals surface area contributed by atoms with Crippen molar-refractivity contribution in [1.29, 1.82) is 0 Å². The van der Waals surface area contributed by atoms with Crippen molar-refractivity contribution in [1.82, 2.24) is 25.9 Å². The number of benzene rings is 1. The van der Waals surface area contributed by atoms with E-state index in [0.29, 0.717) is 11.4 Å². The van der Waals surface area contributed by atoms with Crippen LogP contribution in [0.3, 0.4) is 0 Å². The lowest BCUT2D eigenvalue weighted by atomic mass is 10.1. The molecule has 0 saturated heterocycles. The highest BCUT2D eigenvalue weighted by Crippen LogP contribution is 2.19. The molecule has 0 bridgehead atoms. The van der Waals surface area contributed by atoms with Crippen LogP contribution in [0.1, 0.15) is 34.7 Å². The molecular weight excluding hydrogens is 276 g/mol. The number of urea groups is 1. The zero-order valence-corrected chi connectivity index (χ0v) is 11.4. The largest absolute Gasteiger partial charge is 0.478 e. The van der Waals surface area contributed by atoms with E-state index in [1.807, 2.05) is 0 Å². The van der Waals surface area contributed by atoms with E-state index in [1.54, 1.807) is 26.0 Å². The monoisotopic (exact) mass is 290 g/mol. The van der Waals surface area contributed by atoms with E-state index in [0.717, 1.165) is 0 Å². The fraction of sp³-hybridized carbons (Fsp3) is 0.250. The van der Waals surface area contributed by atoms with Crippen LogP contribution in [0.4, 0.5) is 10.5 Å². The summed E-state index contributed by atoms with van der Waals surface area (Å²) in [5, 5.41) is 27.5. The molecule has 9 nitrogen and oxygen atoms in total. The smallest absolute Gasteiger partial charge is 0.338 e. The molecule has 0 aliphatic carbocycles. The molecule has 1 heterocycles. The second-order valence-electron chi connectivity index (χ2n) is 4.39. The standard InChI is InChI=1S/C12H14N6O3/c1-6-4-3-5-8(9(6)11(19)20)14-12(21)13-7(2)10-15-17-18-16-10/h3-5,7H,1-2H3,(H,19,20)(H2,13,14,21)(H,15,16,17,18). The highest BCUT2D eigenvalue weighted by molar-refractivity contribution is 6.01. The van der Waals surface area contributed by atoms with Gasteiger partial charge in [0.2, 0.25) is 0 Å². The maximum atomic E-state index is 11.9. The van der Waals surface area contributed by atoms with Gasteiger partial charge in [0.25, 0.3) is 0 Å². The van der Waals surface area contributed by atoms with Crippen LogP contribution in [0.25, 0.3) is 0 Å². The number of rotatable bonds is 4. The number of carboxylic acid groups (broad SMARTS) is 1. The Bertz CT molecular complexity index is 655. The molecule has 0 aliphatic heterocycles. The van der Waals surface area contributed by atoms with Gasteiger partial charge in [-0.3, -0.25) is 0 Å². The maximum Gasteiger partial charge on any atom is 0.338 e. The Balaban J connectivity index is 2.10. The van der Waals surface area contributed by atoms with Crippen molar-refractivity contribution in [2.75, 3.05) is 5.32 Å². The van der Waals surface area contributed by atoms with Crippen molar-refractivity contribution in [2.45, 2.75) is 19.9 Å². The van der Waals surface area contributed by atoms with Crippen molar-refractivity contribution in [3.8, 4) is 0 Å². The number of H-pyrrole nitrogens is 1. The third-order valence-corrected chi connectivity index (χ3v) is 2.83. The van der Waals surface area contributed by atoms with Gasteiger partial charge in [0, 0.05) is 0 Å². The summed E-state index contributed by atoms with van der Waals surface area (Å²) in [4.78, 5) is 23.1. The lowest BCUT2D eigenvalue weighted by Gasteiger charge is -2.13. The topological polar surface area (TPSA) is 133 Å². The van der Waals surface area contributed by atoms with Crippen LogP contribution in [0.15, 0.2) is 18.2 Å². The highest BCUT2D eigenvalue weighted by atomic mass is 16.4. The van der Waals surface area contributed by atoms with Gasteiger partial charge >= 0.3 is 12.0 Å². The molecule has 110 valence electrons. The highest BCUT2D eigenvalue weighted by Gasteiger charge is 2.17. The van der Waals surface area contributed by atoms with Crippen molar-refractivity contribution in [2.24, 2.45) is 0 Å². The first-order valence-corrected chi connectivity index (χ1v) is 6.12. The molecule has 1 unspecified atom stereocenters. The number of carbonyl (C=O) groups excluding carboxylic acids is 1. The number of hydrogen-bond acceptors (Lipinski definition) is 5. The Labute approximate surface area is 119 Å². The van der Waals surface area contributed by atoms with Crippen LogP contribution in [-0.4, -0.2) is 37.7 Å². The average molecular weight is 290 g/mol. The lowest BCUT2D eigenvalue weighted by Crippen LogP contribution is -2.32. The number of tetrazole rings is 1. The second kappa shape index (κ2) is 5.99. The molecule has 2 aromatic rings. The zero-order valence-electron chi connectivity index (χ0n) is 11.4. The number of nitrogens with zero attached hydrogens (tertiary/aromatic N) is 3. The van der Waals surface area contributed by atoms with Gasteiger partial charge < -0.3 is 15.7 Å². The lowest BCUT2D eigenvalue weighted by molar-refractivity contribution is 0.0697. The number of aromatic amines is 1. The second-order valence-corrected chi connectivity index (χ2v) is 4.39. The molecule has 9 heteroatoms. The third kappa shape index (κ3) is 3.32. The van der Waals surface area contributed by atoms with Crippen LogP contribution in [0.2, 0.25) is 0 Å². The molecule has 4 N–H and O–H groups in total. The number of carbonyl (C=O) groups is 2. The van der Waals surface area contributed by atoms with Gasteiger partial charge in [0.1, 0.15) is 0 Å².